The Kier molecular flexibility index (Phi) is 3.18. The number of nitrogens with zero attached hydrogens (tertiary/aromatic N) is 2. The molecule has 6 heteroatoms. The topological polar surface area (TPSA) is 90.7 Å². The van der Waals surface area contributed by atoms with Crippen molar-refractivity contribution in [1.29, 1.82) is 0 Å². The van der Waals surface area contributed by atoms with Crippen molar-refractivity contribution < 1.29 is 19.8 Å². The molecule has 19 heavy (non-hydrogen) atoms. The molecule has 1 aliphatic heterocycles. The van der Waals surface area contributed by atoms with Crippen molar-refractivity contribution >= 4 is 11.9 Å². The fraction of sp³-hybridized carbons (Fsp3) is 0.462. The van der Waals surface area contributed by atoms with Gasteiger partial charge in [-0.2, -0.15) is 0 Å². The Morgan fingerprint density at radius 1 is 1.47 bits per heavy atom. The van der Waals surface area contributed by atoms with Crippen LogP contribution in [0.3, 0.4) is 0 Å². The van der Waals surface area contributed by atoms with Gasteiger partial charge < -0.3 is 15.1 Å². The SMILES string of the molecule is Cc1cc(C(=O)N2CCC[C@@]2(C)C(=O)O)c(O)cn1. The summed E-state index contributed by atoms with van der Waals surface area (Å²) in [4.78, 5) is 29.0. The number of amides is 1. The van der Waals surface area contributed by atoms with Gasteiger partial charge in [-0.25, -0.2) is 4.79 Å². The largest absolute Gasteiger partial charge is 0.505 e. The second-order valence-electron chi connectivity index (χ2n) is 4.98. The number of carbonyl (C=O) groups excluding carboxylic acids is 1. The van der Waals surface area contributed by atoms with E-state index < -0.39 is 17.4 Å². The Bertz CT molecular complexity index is 543. The molecule has 0 aliphatic carbocycles. The van der Waals surface area contributed by atoms with E-state index in [0.29, 0.717) is 25.1 Å². The third kappa shape index (κ3) is 2.14. The lowest BCUT2D eigenvalue weighted by molar-refractivity contribution is -0.147. The van der Waals surface area contributed by atoms with Crippen LogP contribution >= 0.6 is 0 Å². The van der Waals surface area contributed by atoms with E-state index in [2.05, 4.69) is 4.98 Å². The highest BCUT2D eigenvalue weighted by Crippen LogP contribution is 2.32. The maximum Gasteiger partial charge on any atom is 0.329 e. The molecule has 1 fully saturated rings. The zero-order valence-corrected chi connectivity index (χ0v) is 10.9. The molecule has 2 N–H and O–H groups in total. The Morgan fingerprint density at radius 3 is 2.79 bits per heavy atom. The molecule has 0 radical (unpaired) electrons. The van der Waals surface area contributed by atoms with Gasteiger partial charge in [0.05, 0.1) is 11.8 Å². The van der Waals surface area contributed by atoms with Crippen LogP contribution in [0.5, 0.6) is 5.75 Å². The molecule has 2 heterocycles. The van der Waals surface area contributed by atoms with Crippen molar-refractivity contribution in [1.82, 2.24) is 9.88 Å². The maximum absolute atomic E-state index is 12.4. The van der Waals surface area contributed by atoms with Gasteiger partial charge in [0.1, 0.15) is 11.3 Å². The standard InChI is InChI=1S/C13H16N2O4/c1-8-6-9(10(16)7-14-8)11(17)15-5-3-4-13(15,2)12(18)19/h6-7,16H,3-5H2,1-2H3,(H,18,19)/t13-/m0/s1. The molecule has 0 unspecified atom stereocenters. The molecule has 0 bridgehead atoms. The molecule has 1 aromatic heterocycles. The van der Waals surface area contributed by atoms with Gasteiger partial charge in [0.2, 0.25) is 0 Å². The van der Waals surface area contributed by atoms with E-state index in [9.17, 15) is 19.8 Å². The number of carbonyl (C=O) groups is 2. The van der Waals surface area contributed by atoms with Crippen LogP contribution in [0.2, 0.25) is 0 Å². The Morgan fingerprint density at radius 2 is 2.16 bits per heavy atom. The zero-order chi connectivity index (χ0) is 14.2. The Balaban J connectivity index is 2.39. The minimum absolute atomic E-state index is 0.0990. The molecular weight excluding hydrogens is 248 g/mol. The Labute approximate surface area is 110 Å². The van der Waals surface area contributed by atoms with Crippen LogP contribution < -0.4 is 0 Å². The van der Waals surface area contributed by atoms with Gasteiger partial charge in [0.15, 0.2) is 0 Å². The number of hydrogen-bond donors (Lipinski definition) is 2. The lowest BCUT2D eigenvalue weighted by Crippen LogP contribution is -2.50. The summed E-state index contributed by atoms with van der Waals surface area (Å²) in [7, 11) is 0. The summed E-state index contributed by atoms with van der Waals surface area (Å²) >= 11 is 0. The van der Waals surface area contributed by atoms with Crippen molar-refractivity contribution in [2.75, 3.05) is 6.54 Å². The highest BCUT2D eigenvalue weighted by Gasteiger charge is 2.46. The van der Waals surface area contributed by atoms with Gasteiger partial charge in [-0.3, -0.25) is 9.78 Å². The minimum Gasteiger partial charge on any atom is -0.505 e. The third-order valence-electron chi connectivity index (χ3n) is 3.60. The smallest absolute Gasteiger partial charge is 0.329 e. The average Bonchev–Trinajstić information content (AvgIpc) is 2.75. The predicted molar refractivity (Wildman–Crippen MR) is 67.0 cm³/mol. The summed E-state index contributed by atoms with van der Waals surface area (Å²) in [6.45, 7) is 3.62. The number of aromatic hydroxyl groups is 1. The second-order valence-corrected chi connectivity index (χ2v) is 4.98. The van der Waals surface area contributed by atoms with Gasteiger partial charge in [-0.15, -0.1) is 0 Å². The average molecular weight is 264 g/mol. The van der Waals surface area contributed by atoms with Crippen molar-refractivity contribution in [3.63, 3.8) is 0 Å². The van der Waals surface area contributed by atoms with E-state index >= 15 is 0 Å². The summed E-state index contributed by atoms with van der Waals surface area (Å²) in [6.07, 6.45) is 2.26. The number of pyridine rings is 1. The highest BCUT2D eigenvalue weighted by molar-refractivity contribution is 6.00. The summed E-state index contributed by atoms with van der Waals surface area (Å²) in [5.74, 6) is -1.72. The monoisotopic (exact) mass is 264 g/mol. The number of carboxylic acid groups (broad SMARTS) is 1. The van der Waals surface area contributed by atoms with Crippen LogP contribution in [0, 0.1) is 6.92 Å². The molecule has 6 nitrogen and oxygen atoms in total. The summed E-state index contributed by atoms with van der Waals surface area (Å²) in [5, 5.41) is 19.0. The van der Waals surface area contributed by atoms with Gasteiger partial charge in [0, 0.05) is 12.2 Å². The molecule has 102 valence electrons. The van der Waals surface area contributed by atoms with E-state index in [-0.39, 0.29) is 11.3 Å². The molecule has 2 rings (SSSR count). The number of aryl methyl sites for hydroxylation is 1. The first-order valence-corrected chi connectivity index (χ1v) is 6.07. The van der Waals surface area contributed by atoms with Gasteiger partial charge in [-0.1, -0.05) is 0 Å². The van der Waals surface area contributed by atoms with Crippen LogP contribution in [0.1, 0.15) is 35.8 Å². The molecule has 0 aromatic carbocycles. The van der Waals surface area contributed by atoms with Crippen LogP contribution in [0.15, 0.2) is 12.3 Å². The molecule has 1 aliphatic rings. The fourth-order valence-electron chi connectivity index (χ4n) is 2.38. The lowest BCUT2D eigenvalue weighted by atomic mass is 9.98. The molecule has 1 saturated heterocycles. The van der Waals surface area contributed by atoms with Crippen molar-refractivity contribution in [3.05, 3.63) is 23.5 Å². The number of aliphatic carboxylic acids is 1. The summed E-state index contributed by atoms with van der Waals surface area (Å²) in [6, 6.07) is 1.47. The minimum atomic E-state index is -1.21. The number of likely N-dealkylation sites (tertiary alicyclic amines) is 1. The van der Waals surface area contributed by atoms with Crippen LogP contribution in [0.4, 0.5) is 0 Å². The van der Waals surface area contributed by atoms with Crippen molar-refractivity contribution in [2.24, 2.45) is 0 Å². The first kappa shape index (κ1) is 13.3. The first-order chi connectivity index (χ1) is 8.86. The van der Waals surface area contributed by atoms with Gasteiger partial charge in [0.25, 0.3) is 5.91 Å². The van der Waals surface area contributed by atoms with Crippen LogP contribution in [-0.2, 0) is 4.79 Å². The van der Waals surface area contributed by atoms with Gasteiger partial charge >= 0.3 is 5.97 Å². The Hall–Kier alpha value is -2.11. The second kappa shape index (κ2) is 4.53. The fourth-order valence-corrected chi connectivity index (χ4v) is 2.38. The lowest BCUT2D eigenvalue weighted by Gasteiger charge is -2.31. The number of carboxylic acids is 1. The van der Waals surface area contributed by atoms with E-state index in [1.807, 2.05) is 0 Å². The molecule has 1 aromatic rings. The summed E-state index contributed by atoms with van der Waals surface area (Å²) < 4.78 is 0. The first-order valence-electron chi connectivity index (χ1n) is 6.07. The number of aromatic nitrogens is 1. The normalized spacial score (nSPS) is 22.5. The number of hydrogen-bond acceptors (Lipinski definition) is 4. The highest BCUT2D eigenvalue weighted by atomic mass is 16.4. The molecule has 1 amide bonds. The molecular formula is C13H16N2O4. The predicted octanol–water partition coefficient (Wildman–Crippen LogP) is 1.17. The van der Waals surface area contributed by atoms with Crippen molar-refractivity contribution in [3.8, 4) is 5.75 Å². The van der Waals surface area contributed by atoms with Crippen molar-refractivity contribution in [2.45, 2.75) is 32.2 Å². The summed E-state index contributed by atoms with van der Waals surface area (Å²) in [5.41, 5.74) is -0.514. The van der Waals surface area contributed by atoms with E-state index in [0.717, 1.165) is 0 Å². The van der Waals surface area contributed by atoms with Gasteiger partial charge in [-0.05, 0) is 32.8 Å². The quantitative estimate of drug-likeness (QED) is 0.836. The third-order valence-corrected chi connectivity index (χ3v) is 3.60. The number of rotatable bonds is 2. The zero-order valence-electron chi connectivity index (χ0n) is 10.9. The molecule has 0 saturated carbocycles. The van der Waals surface area contributed by atoms with E-state index in [1.165, 1.54) is 24.1 Å². The van der Waals surface area contributed by atoms with E-state index in [4.69, 9.17) is 0 Å². The molecule has 0 spiro atoms. The van der Waals surface area contributed by atoms with E-state index in [1.54, 1.807) is 6.92 Å². The van der Waals surface area contributed by atoms with Crippen LogP contribution in [-0.4, -0.2) is 44.1 Å². The molecule has 1 atom stereocenters. The van der Waals surface area contributed by atoms with Crippen LogP contribution in [0.25, 0.3) is 0 Å². The maximum atomic E-state index is 12.4.